The standard InChI is InChI=1S/C20H27FN4OS/c1-15(26-18-7-5-16(21)6-8-18)14-23-20(22-2)24-17-9-11-25(12-10-17)19-4-3-13-27-19/h3-8,13,15,17H,9-12,14H2,1-2H3,(H2,22,23,24). The average Bonchev–Trinajstić information content (AvgIpc) is 3.22. The molecular weight excluding hydrogens is 363 g/mol. The van der Waals surface area contributed by atoms with Crippen LogP contribution in [0.3, 0.4) is 0 Å². The van der Waals surface area contributed by atoms with E-state index in [0.717, 1.165) is 31.9 Å². The van der Waals surface area contributed by atoms with Crippen LogP contribution in [0.15, 0.2) is 46.8 Å². The van der Waals surface area contributed by atoms with Gasteiger partial charge in [0.15, 0.2) is 5.96 Å². The number of nitrogens with zero attached hydrogens (tertiary/aromatic N) is 2. The van der Waals surface area contributed by atoms with Crippen LogP contribution in [0, 0.1) is 5.82 Å². The molecule has 1 aliphatic heterocycles. The number of ether oxygens (including phenoxy) is 1. The number of hydrogen-bond donors (Lipinski definition) is 2. The first kappa shape index (κ1) is 19.5. The second kappa shape index (κ2) is 9.60. The van der Waals surface area contributed by atoms with Crippen LogP contribution < -0.4 is 20.3 Å². The maximum atomic E-state index is 13.0. The molecule has 2 heterocycles. The van der Waals surface area contributed by atoms with Gasteiger partial charge in [-0.15, -0.1) is 11.3 Å². The molecular formula is C20H27FN4OS. The molecule has 0 spiro atoms. The summed E-state index contributed by atoms with van der Waals surface area (Å²) in [5.74, 6) is 1.19. The minimum absolute atomic E-state index is 0.0605. The molecule has 1 aromatic heterocycles. The highest BCUT2D eigenvalue weighted by Gasteiger charge is 2.20. The summed E-state index contributed by atoms with van der Waals surface area (Å²) in [5.41, 5.74) is 0. The lowest BCUT2D eigenvalue weighted by molar-refractivity contribution is 0.223. The molecule has 0 radical (unpaired) electrons. The Bertz CT molecular complexity index is 712. The molecule has 1 fully saturated rings. The molecule has 1 atom stereocenters. The van der Waals surface area contributed by atoms with Crippen molar-refractivity contribution in [2.24, 2.45) is 4.99 Å². The lowest BCUT2D eigenvalue weighted by atomic mass is 10.1. The van der Waals surface area contributed by atoms with Crippen molar-refractivity contribution < 1.29 is 9.13 Å². The van der Waals surface area contributed by atoms with Gasteiger partial charge in [-0.1, -0.05) is 0 Å². The van der Waals surface area contributed by atoms with E-state index in [1.807, 2.05) is 6.92 Å². The number of rotatable bonds is 6. The van der Waals surface area contributed by atoms with Gasteiger partial charge < -0.3 is 20.3 Å². The fourth-order valence-electron chi connectivity index (χ4n) is 3.11. The second-order valence-corrected chi connectivity index (χ2v) is 7.62. The maximum absolute atomic E-state index is 13.0. The number of anilines is 1. The van der Waals surface area contributed by atoms with Crippen molar-refractivity contribution in [1.82, 2.24) is 10.6 Å². The summed E-state index contributed by atoms with van der Waals surface area (Å²) in [7, 11) is 1.78. The third kappa shape index (κ3) is 5.85. The number of piperidine rings is 1. The van der Waals surface area contributed by atoms with Crippen LogP contribution in [0.4, 0.5) is 9.39 Å². The van der Waals surface area contributed by atoms with E-state index in [-0.39, 0.29) is 11.9 Å². The Morgan fingerprint density at radius 3 is 2.67 bits per heavy atom. The molecule has 7 heteroatoms. The summed E-state index contributed by atoms with van der Waals surface area (Å²) in [4.78, 5) is 6.76. The van der Waals surface area contributed by atoms with E-state index >= 15 is 0 Å². The third-order valence-electron chi connectivity index (χ3n) is 4.59. The van der Waals surface area contributed by atoms with Crippen molar-refractivity contribution >= 4 is 22.3 Å². The summed E-state index contributed by atoms with van der Waals surface area (Å²) in [6, 6.07) is 10.8. The summed E-state index contributed by atoms with van der Waals surface area (Å²) >= 11 is 1.80. The molecule has 1 unspecified atom stereocenters. The zero-order valence-electron chi connectivity index (χ0n) is 15.8. The fourth-order valence-corrected chi connectivity index (χ4v) is 3.89. The number of hydrogen-bond acceptors (Lipinski definition) is 4. The van der Waals surface area contributed by atoms with Crippen LogP contribution in [-0.4, -0.2) is 44.8 Å². The lowest BCUT2D eigenvalue weighted by Crippen LogP contribution is -2.50. The Morgan fingerprint density at radius 1 is 1.30 bits per heavy atom. The Morgan fingerprint density at radius 2 is 2.04 bits per heavy atom. The smallest absolute Gasteiger partial charge is 0.191 e. The van der Waals surface area contributed by atoms with Gasteiger partial charge >= 0.3 is 0 Å². The van der Waals surface area contributed by atoms with Gasteiger partial charge in [0.05, 0.1) is 11.5 Å². The summed E-state index contributed by atoms with van der Waals surface area (Å²) in [6.07, 6.45) is 2.11. The van der Waals surface area contributed by atoms with E-state index in [1.54, 1.807) is 30.5 Å². The van der Waals surface area contributed by atoms with Gasteiger partial charge in [-0.2, -0.15) is 0 Å². The molecule has 1 aromatic carbocycles. The van der Waals surface area contributed by atoms with E-state index in [2.05, 4.69) is 38.0 Å². The summed E-state index contributed by atoms with van der Waals surface area (Å²) in [6.45, 7) is 4.70. The van der Waals surface area contributed by atoms with Crippen LogP contribution in [-0.2, 0) is 0 Å². The number of halogens is 1. The highest BCUT2D eigenvalue weighted by Crippen LogP contribution is 2.24. The summed E-state index contributed by atoms with van der Waals surface area (Å²) < 4.78 is 18.7. The summed E-state index contributed by atoms with van der Waals surface area (Å²) in [5, 5.41) is 10.3. The molecule has 2 N–H and O–H groups in total. The fraction of sp³-hybridized carbons (Fsp3) is 0.450. The molecule has 2 aromatic rings. The molecule has 5 nitrogen and oxygen atoms in total. The van der Waals surface area contributed by atoms with E-state index in [1.165, 1.54) is 17.1 Å². The Kier molecular flexibility index (Phi) is 6.92. The minimum Gasteiger partial charge on any atom is -0.489 e. The molecule has 0 bridgehead atoms. The third-order valence-corrected chi connectivity index (χ3v) is 5.51. The number of guanidine groups is 1. The normalized spacial score (nSPS) is 16.9. The van der Waals surface area contributed by atoms with E-state index < -0.39 is 0 Å². The first-order chi connectivity index (χ1) is 13.1. The van der Waals surface area contributed by atoms with Crippen LogP contribution >= 0.6 is 11.3 Å². The Hall–Kier alpha value is -2.28. The molecule has 1 aliphatic rings. The topological polar surface area (TPSA) is 48.9 Å². The van der Waals surface area contributed by atoms with Crippen molar-refractivity contribution in [3.8, 4) is 5.75 Å². The van der Waals surface area contributed by atoms with Crippen LogP contribution in [0.1, 0.15) is 19.8 Å². The molecule has 0 saturated carbocycles. The first-order valence-electron chi connectivity index (χ1n) is 9.32. The zero-order valence-corrected chi connectivity index (χ0v) is 16.6. The Balaban J connectivity index is 1.40. The van der Waals surface area contributed by atoms with E-state index in [4.69, 9.17) is 4.74 Å². The predicted octanol–water partition coefficient (Wildman–Crippen LogP) is 3.49. The monoisotopic (exact) mass is 390 g/mol. The van der Waals surface area contributed by atoms with Gasteiger partial charge in [0, 0.05) is 26.2 Å². The molecule has 146 valence electrons. The molecule has 0 aliphatic carbocycles. The van der Waals surface area contributed by atoms with Gasteiger partial charge in [0.25, 0.3) is 0 Å². The van der Waals surface area contributed by atoms with Crippen molar-refractivity contribution in [3.05, 3.63) is 47.6 Å². The van der Waals surface area contributed by atoms with Gasteiger partial charge in [-0.25, -0.2) is 4.39 Å². The highest BCUT2D eigenvalue weighted by molar-refractivity contribution is 7.14. The van der Waals surface area contributed by atoms with Crippen molar-refractivity contribution in [1.29, 1.82) is 0 Å². The Labute approximate surface area is 164 Å². The SMILES string of the molecule is CN=C(NCC(C)Oc1ccc(F)cc1)NC1CCN(c2cccs2)CC1. The van der Waals surface area contributed by atoms with E-state index in [9.17, 15) is 4.39 Å². The quantitative estimate of drug-likeness (QED) is 0.586. The second-order valence-electron chi connectivity index (χ2n) is 6.69. The highest BCUT2D eigenvalue weighted by atomic mass is 32.1. The largest absolute Gasteiger partial charge is 0.489 e. The van der Waals surface area contributed by atoms with Gasteiger partial charge in [0.1, 0.15) is 17.7 Å². The van der Waals surface area contributed by atoms with Crippen molar-refractivity contribution in [2.75, 3.05) is 31.6 Å². The number of benzene rings is 1. The predicted molar refractivity (Wildman–Crippen MR) is 111 cm³/mol. The van der Waals surface area contributed by atoms with E-state index in [0.29, 0.717) is 18.3 Å². The van der Waals surface area contributed by atoms with Crippen molar-refractivity contribution in [2.45, 2.75) is 31.9 Å². The number of nitrogens with one attached hydrogen (secondary N) is 2. The van der Waals surface area contributed by atoms with Crippen molar-refractivity contribution in [3.63, 3.8) is 0 Å². The van der Waals surface area contributed by atoms with Gasteiger partial charge in [0.2, 0.25) is 0 Å². The average molecular weight is 391 g/mol. The molecule has 3 rings (SSSR count). The molecule has 0 amide bonds. The number of aliphatic imine (C=N–C) groups is 1. The molecule has 1 saturated heterocycles. The van der Waals surface area contributed by atoms with Gasteiger partial charge in [-0.3, -0.25) is 4.99 Å². The van der Waals surface area contributed by atoms with Crippen LogP contribution in [0.25, 0.3) is 0 Å². The first-order valence-corrected chi connectivity index (χ1v) is 10.2. The zero-order chi connectivity index (χ0) is 19.1. The van der Waals surface area contributed by atoms with Crippen LogP contribution in [0.5, 0.6) is 5.75 Å². The van der Waals surface area contributed by atoms with Gasteiger partial charge in [-0.05, 0) is 61.5 Å². The minimum atomic E-state index is -0.261. The molecule has 27 heavy (non-hydrogen) atoms. The maximum Gasteiger partial charge on any atom is 0.191 e. The lowest BCUT2D eigenvalue weighted by Gasteiger charge is -2.33. The number of thiophene rings is 1. The van der Waals surface area contributed by atoms with Crippen LogP contribution in [0.2, 0.25) is 0 Å².